The Morgan fingerprint density at radius 2 is 0.955 bits per heavy atom. The van der Waals surface area contributed by atoms with Gasteiger partial charge in [-0.25, -0.2) is 0 Å². The maximum absolute atomic E-state index is 2.44. The van der Waals surface area contributed by atoms with Crippen LogP contribution in [-0.4, -0.2) is 9.13 Å². The van der Waals surface area contributed by atoms with E-state index in [9.17, 15) is 0 Å². The fourth-order valence-corrected chi connectivity index (χ4v) is 6.87. The van der Waals surface area contributed by atoms with Gasteiger partial charge < -0.3 is 9.13 Å². The Balaban J connectivity index is 1.24. The second kappa shape index (κ2) is 9.86. The van der Waals surface area contributed by atoms with E-state index in [1.165, 1.54) is 65.7 Å². The van der Waals surface area contributed by atoms with E-state index in [1.807, 2.05) is 0 Å². The Morgan fingerprint density at radius 1 is 0.364 bits per heavy atom. The second-order valence-corrected chi connectivity index (χ2v) is 11.4. The van der Waals surface area contributed by atoms with Crippen LogP contribution >= 0.6 is 0 Å². The summed E-state index contributed by atoms with van der Waals surface area (Å²) < 4.78 is 4.70. The molecule has 2 aromatic heterocycles. The molecule has 0 fully saturated rings. The fraction of sp³-hybridized carbons (Fsp3) is 0. The topological polar surface area (TPSA) is 9.86 Å². The van der Waals surface area contributed by atoms with Crippen molar-refractivity contribution >= 4 is 43.5 Å². The molecule has 0 bridgehead atoms. The molecule has 0 N–H and O–H groups in total. The lowest BCUT2D eigenvalue weighted by molar-refractivity contribution is 1.13. The molecule has 0 aliphatic heterocycles. The van der Waals surface area contributed by atoms with Crippen LogP contribution in [0.3, 0.4) is 0 Å². The van der Waals surface area contributed by atoms with E-state index >= 15 is 0 Å². The monoisotopic (exact) mass is 560 g/mol. The Kier molecular flexibility index (Phi) is 5.54. The third-order valence-electron chi connectivity index (χ3n) is 8.96. The highest BCUT2D eigenvalue weighted by Gasteiger charge is 2.18. The average molecular weight is 561 g/mol. The molecule has 2 heterocycles. The average Bonchev–Trinajstić information content (AvgIpc) is 3.68. The van der Waals surface area contributed by atoms with Gasteiger partial charge in [0.1, 0.15) is 0 Å². The SMILES string of the molecule is c1ccc(-c2ccc(-n3c4ccccc4c4cc(-c5ccc(-n6ccc7ccccc76)cc5)c5ccccc5c43)cc2)cc1. The molecule has 9 rings (SSSR count). The maximum Gasteiger partial charge on any atom is 0.0619 e. The Labute approximate surface area is 255 Å². The first kappa shape index (κ1) is 24.7. The van der Waals surface area contributed by atoms with Crippen LogP contribution in [-0.2, 0) is 0 Å². The number of fused-ring (bicyclic) bond motifs is 6. The van der Waals surface area contributed by atoms with E-state index < -0.39 is 0 Å². The summed E-state index contributed by atoms with van der Waals surface area (Å²) in [6.07, 6.45) is 2.16. The number of para-hydroxylation sites is 2. The van der Waals surface area contributed by atoms with Crippen LogP contribution in [0, 0.1) is 0 Å². The van der Waals surface area contributed by atoms with Crippen molar-refractivity contribution in [1.82, 2.24) is 9.13 Å². The van der Waals surface area contributed by atoms with Gasteiger partial charge in [0.2, 0.25) is 0 Å². The van der Waals surface area contributed by atoms with Gasteiger partial charge in [-0.1, -0.05) is 115 Å². The summed E-state index contributed by atoms with van der Waals surface area (Å²) in [6, 6.07) is 59.3. The first-order valence-electron chi connectivity index (χ1n) is 15.1. The van der Waals surface area contributed by atoms with Crippen LogP contribution in [0.25, 0.3) is 77.1 Å². The summed E-state index contributed by atoms with van der Waals surface area (Å²) in [4.78, 5) is 0. The number of hydrogen-bond acceptors (Lipinski definition) is 0. The molecule has 0 aliphatic rings. The standard InChI is InChI=1S/C42H28N2/c1-2-10-29(11-3-1)30-18-24-34(25-19-30)44-41-17-9-7-14-36(41)39-28-38(35-13-5-6-15-37(35)42(39)44)31-20-22-33(23-21-31)43-27-26-32-12-4-8-16-40(32)43/h1-28H. The highest BCUT2D eigenvalue weighted by molar-refractivity contribution is 6.22. The number of hydrogen-bond donors (Lipinski definition) is 0. The van der Waals surface area contributed by atoms with Crippen molar-refractivity contribution in [3.63, 3.8) is 0 Å². The summed E-state index contributed by atoms with van der Waals surface area (Å²) >= 11 is 0. The minimum Gasteiger partial charge on any atom is -0.317 e. The van der Waals surface area contributed by atoms with Crippen molar-refractivity contribution in [2.75, 3.05) is 0 Å². The molecule has 206 valence electrons. The highest BCUT2D eigenvalue weighted by Crippen LogP contribution is 2.41. The zero-order valence-electron chi connectivity index (χ0n) is 24.1. The molecule has 0 atom stereocenters. The summed E-state index contributed by atoms with van der Waals surface area (Å²) in [5, 5.41) is 6.28. The molecule has 0 aliphatic carbocycles. The molecular weight excluding hydrogens is 532 g/mol. The zero-order valence-corrected chi connectivity index (χ0v) is 24.1. The minimum absolute atomic E-state index is 1.16. The predicted octanol–water partition coefficient (Wildman–Crippen LogP) is 11.2. The summed E-state index contributed by atoms with van der Waals surface area (Å²) in [5.41, 5.74) is 10.9. The molecule has 0 radical (unpaired) electrons. The van der Waals surface area contributed by atoms with Gasteiger partial charge in [0, 0.05) is 33.7 Å². The lowest BCUT2D eigenvalue weighted by atomic mass is 9.95. The molecule has 44 heavy (non-hydrogen) atoms. The highest BCUT2D eigenvalue weighted by atomic mass is 15.0. The lowest BCUT2D eigenvalue weighted by Crippen LogP contribution is -1.95. The minimum atomic E-state index is 1.16. The first-order chi connectivity index (χ1) is 21.8. The van der Waals surface area contributed by atoms with Gasteiger partial charge in [0.05, 0.1) is 16.6 Å². The number of benzene rings is 7. The molecule has 7 aromatic carbocycles. The van der Waals surface area contributed by atoms with Crippen LogP contribution in [0.1, 0.15) is 0 Å². The number of rotatable bonds is 4. The third kappa shape index (κ3) is 3.82. The van der Waals surface area contributed by atoms with Crippen molar-refractivity contribution < 1.29 is 0 Å². The van der Waals surface area contributed by atoms with E-state index in [4.69, 9.17) is 0 Å². The summed E-state index contributed by atoms with van der Waals surface area (Å²) in [5.74, 6) is 0. The molecule has 2 nitrogen and oxygen atoms in total. The Bertz CT molecular complexity index is 2460. The largest absolute Gasteiger partial charge is 0.317 e. The Hall–Kier alpha value is -5.86. The fourth-order valence-electron chi connectivity index (χ4n) is 6.87. The van der Waals surface area contributed by atoms with Gasteiger partial charge in [-0.3, -0.25) is 0 Å². The predicted molar refractivity (Wildman–Crippen MR) is 186 cm³/mol. The molecule has 0 saturated carbocycles. The van der Waals surface area contributed by atoms with E-state index in [1.54, 1.807) is 0 Å². The van der Waals surface area contributed by atoms with Crippen LogP contribution in [0.15, 0.2) is 170 Å². The molecule has 0 amide bonds. The maximum atomic E-state index is 2.44. The van der Waals surface area contributed by atoms with Gasteiger partial charge in [-0.05, 0) is 81.6 Å². The zero-order chi connectivity index (χ0) is 29.0. The smallest absolute Gasteiger partial charge is 0.0619 e. The molecule has 2 heteroatoms. The lowest BCUT2D eigenvalue weighted by Gasteiger charge is -2.14. The van der Waals surface area contributed by atoms with Crippen molar-refractivity contribution in [3.05, 3.63) is 170 Å². The van der Waals surface area contributed by atoms with Crippen LogP contribution in [0.4, 0.5) is 0 Å². The van der Waals surface area contributed by atoms with Crippen molar-refractivity contribution in [2.24, 2.45) is 0 Å². The van der Waals surface area contributed by atoms with Gasteiger partial charge >= 0.3 is 0 Å². The molecule has 0 saturated heterocycles. The van der Waals surface area contributed by atoms with Crippen LogP contribution in [0.2, 0.25) is 0 Å². The third-order valence-corrected chi connectivity index (χ3v) is 8.96. The molecule has 0 unspecified atom stereocenters. The van der Waals surface area contributed by atoms with Gasteiger partial charge in [0.15, 0.2) is 0 Å². The summed E-state index contributed by atoms with van der Waals surface area (Å²) in [7, 11) is 0. The van der Waals surface area contributed by atoms with Crippen LogP contribution in [0.5, 0.6) is 0 Å². The Morgan fingerprint density at radius 3 is 1.75 bits per heavy atom. The van der Waals surface area contributed by atoms with Crippen molar-refractivity contribution in [3.8, 4) is 33.6 Å². The second-order valence-electron chi connectivity index (χ2n) is 11.4. The van der Waals surface area contributed by atoms with Gasteiger partial charge in [-0.15, -0.1) is 0 Å². The van der Waals surface area contributed by atoms with E-state index in [2.05, 4.69) is 179 Å². The van der Waals surface area contributed by atoms with E-state index in [0.717, 1.165) is 11.4 Å². The number of nitrogens with zero attached hydrogens (tertiary/aromatic N) is 2. The van der Waals surface area contributed by atoms with Crippen LogP contribution < -0.4 is 0 Å². The number of aromatic nitrogens is 2. The van der Waals surface area contributed by atoms with Crippen molar-refractivity contribution in [1.29, 1.82) is 0 Å². The van der Waals surface area contributed by atoms with E-state index in [0.29, 0.717) is 0 Å². The van der Waals surface area contributed by atoms with Gasteiger partial charge in [0.25, 0.3) is 0 Å². The normalized spacial score (nSPS) is 11.6. The molecule has 0 spiro atoms. The molecule has 9 aromatic rings. The first-order valence-corrected chi connectivity index (χ1v) is 15.1. The summed E-state index contributed by atoms with van der Waals surface area (Å²) in [6.45, 7) is 0. The molecular formula is C42H28N2. The van der Waals surface area contributed by atoms with Crippen molar-refractivity contribution in [2.45, 2.75) is 0 Å². The van der Waals surface area contributed by atoms with Gasteiger partial charge in [-0.2, -0.15) is 0 Å². The quantitative estimate of drug-likeness (QED) is 0.203. The van der Waals surface area contributed by atoms with E-state index in [-0.39, 0.29) is 0 Å².